The van der Waals surface area contributed by atoms with Gasteiger partial charge in [0, 0.05) is 36.0 Å². The van der Waals surface area contributed by atoms with Crippen LogP contribution in [0.2, 0.25) is 5.28 Å². The molecule has 0 bridgehead atoms. The topological polar surface area (TPSA) is 59.7 Å². The lowest BCUT2D eigenvalue weighted by Crippen LogP contribution is -2.29. The van der Waals surface area contributed by atoms with Crippen LogP contribution in [0, 0.1) is 0 Å². The van der Waals surface area contributed by atoms with E-state index in [1.165, 1.54) is 0 Å². The molecule has 3 rings (SSSR count). The molecule has 2 aromatic rings. The maximum atomic E-state index is 6.06. The molecule has 0 aliphatic carbocycles. The van der Waals surface area contributed by atoms with Crippen LogP contribution < -0.4 is 4.90 Å². The van der Waals surface area contributed by atoms with Crippen LogP contribution in [0.25, 0.3) is 5.95 Å². The number of anilines is 1. The van der Waals surface area contributed by atoms with Crippen molar-refractivity contribution in [3.63, 3.8) is 0 Å². The summed E-state index contributed by atoms with van der Waals surface area (Å²) in [5.41, 5.74) is 0. The largest absolute Gasteiger partial charge is 0.340 e. The van der Waals surface area contributed by atoms with Gasteiger partial charge in [0.1, 0.15) is 6.33 Å². The van der Waals surface area contributed by atoms with E-state index in [2.05, 4.69) is 38.7 Å². The van der Waals surface area contributed by atoms with Gasteiger partial charge in [-0.1, -0.05) is 13.8 Å². The van der Waals surface area contributed by atoms with Crippen LogP contribution in [-0.4, -0.2) is 48.1 Å². The molecule has 112 valence electrons. The van der Waals surface area contributed by atoms with Crippen molar-refractivity contribution in [1.29, 1.82) is 0 Å². The van der Waals surface area contributed by atoms with E-state index in [0.717, 1.165) is 25.3 Å². The van der Waals surface area contributed by atoms with Crippen LogP contribution in [0.15, 0.2) is 18.7 Å². The number of aromatic nitrogens is 5. The molecular formula is C13H17ClN6S. The number of halogens is 1. The first kappa shape index (κ1) is 14.6. The van der Waals surface area contributed by atoms with Crippen LogP contribution in [-0.2, 0) is 0 Å². The number of nitrogens with zero attached hydrogens (tertiary/aromatic N) is 6. The molecule has 0 N–H and O–H groups in total. The monoisotopic (exact) mass is 324 g/mol. The van der Waals surface area contributed by atoms with Crippen molar-refractivity contribution in [2.75, 3.05) is 23.7 Å². The normalized spacial score (nSPS) is 18.5. The minimum absolute atomic E-state index is 0.208. The van der Waals surface area contributed by atoms with Crippen molar-refractivity contribution in [1.82, 2.24) is 24.5 Å². The number of imidazole rings is 1. The van der Waals surface area contributed by atoms with Gasteiger partial charge in [-0.3, -0.25) is 4.57 Å². The van der Waals surface area contributed by atoms with Gasteiger partial charge in [-0.15, -0.1) is 0 Å². The summed E-state index contributed by atoms with van der Waals surface area (Å²) in [6, 6.07) is 0. The van der Waals surface area contributed by atoms with Gasteiger partial charge in [0.05, 0.1) is 0 Å². The molecule has 6 nitrogen and oxygen atoms in total. The van der Waals surface area contributed by atoms with Crippen molar-refractivity contribution >= 4 is 29.3 Å². The first-order chi connectivity index (χ1) is 10.0. The summed E-state index contributed by atoms with van der Waals surface area (Å²) in [5.74, 6) is 2.19. The molecule has 1 fully saturated rings. The molecule has 0 spiro atoms. The fraction of sp³-hybridized carbons (Fsp3) is 0.538. The summed E-state index contributed by atoms with van der Waals surface area (Å²) in [7, 11) is 0. The highest BCUT2D eigenvalue weighted by Gasteiger charge is 2.25. The fourth-order valence-electron chi connectivity index (χ4n) is 2.18. The molecule has 0 radical (unpaired) electrons. The molecule has 0 unspecified atom stereocenters. The summed E-state index contributed by atoms with van der Waals surface area (Å²) < 4.78 is 2.02. The highest BCUT2D eigenvalue weighted by Crippen LogP contribution is 2.31. The maximum absolute atomic E-state index is 6.06. The first-order valence-electron chi connectivity index (χ1n) is 6.82. The Labute approximate surface area is 133 Å². The molecule has 21 heavy (non-hydrogen) atoms. The molecule has 8 heteroatoms. The molecule has 3 heterocycles. The summed E-state index contributed by atoms with van der Waals surface area (Å²) in [6.07, 6.45) is 6.21. The zero-order valence-electron chi connectivity index (χ0n) is 12.0. The minimum Gasteiger partial charge on any atom is -0.340 e. The Balaban J connectivity index is 1.88. The quantitative estimate of drug-likeness (QED) is 0.845. The number of rotatable bonds is 2. The van der Waals surface area contributed by atoms with Crippen LogP contribution in [0.4, 0.5) is 5.95 Å². The Bertz CT molecular complexity index is 615. The number of hydrogen-bond acceptors (Lipinski definition) is 6. The number of hydrogen-bond donors (Lipinski definition) is 0. The zero-order valence-corrected chi connectivity index (χ0v) is 13.6. The van der Waals surface area contributed by atoms with Crippen LogP contribution in [0.5, 0.6) is 0 Å². The molecule has 2 aromatic heterocycles. The van der Waals surface area contributed by atoms with Gasteiger partial charge in [-0.25, -0.2) is 4.98 Å². The molecule has 0 atom stereocenters. The predicted octanol–water partition coefficient (Wildman–Crippen LogP) is 2.43. The Hall–Kier alpha value is -1.34. The number of thioether (sulfide) groups is 1. The Morgan fingerprint density at radius 2 is 2.00 bits per heavy atom. The van der Waals surface area contributed by atoms with E-state index in [0.29, 0.717) is 16.6 Å². The summed E-state index contributed by atoms with van der Waals surface area (Å²) in [4.78, 5) is 19.1. The molecule has 0 aromatic carbocycles. The van der Waals surface area contributed by atoms with Gasteiger partial charge in [0.25, 0.3) is 0 Å². The molecule has 0 amide bonds. The van der Waals surface area contributed by atoms with Crippen molar-refractivity contribution in [2.45, 2.75) is 25.0 Å². The van der Waals surface area contributed by atoms with Gasteiger partial charge in [0.15, 0.2) is 0 Å². The Kier molecular flexibility index (Phi) is 4.03. The molecule has 0 saturated carbocycles. The van der Waals surface area contributed by atoms with Crippen LogP contribution in [0.3, 0.4) is 0 Å². The second-order valence-electron chi connectivity index (χ2n) is 5.52. The van der Waals surface area contributed by atoms with Crippen molar-refractivity contribution in [2.24, 2.45) is 0 Å². The van der Waals surface area contributed by atoms with Crippen LogP contribution >= 0.6 is 23.4 Å². The van der Waals surface area contributed by atoms with E-state index in [-0.39, 0.29) is 5.28 Å². The fourth-order valence-corrected chi connectivity index (χ4v) is 3.44. The lowest BCUT2D eigenvalue weighted by molar-refractivity contribution is 0.630. The van der Waals surface area contributed by atoms with Crippen molar-refractivity contribution in [3.8, 4) is 5.95 Å². The summed E-state index contributed by atoms with van der Waals surface area (Å²) in [5, 5.41) is 0.208. The SMILES string of the molecule is CC1(C)CCN(c2nc(Cl)nc(-n3ccnc3)n2)CCS1. The molecule has 1 aliphatic rings. The minimum atomic E-state index is 0.208. The van der Waals surface area contributed by atoms with Gasteiger partial charge >= 0.3 is 0 Å². The van der Waals surface area contributed by atoms with E-state index in [1.54, 1.807) is 23.3 Å². The van der Waals surface area contributed by atoms with Gasteiger partial charge in [-0.2, -0.15) is 26.7 Å². The zero-order chi connectivity index (χ0) is 14.9. The lowest BCUT2D eigenvalue weighted by Gasteiger charge is -2.22. The van der Waals surface area contributed by atoms with Gasteiger partial charge in [-0.05, 0) is 18.0 Å². The second-order valence-corrected chi connectivity index (χ2v) is 7.66. The van der Waals surface area contributed by atoms with E-state index >= 15 is 0 Å². The van der Waals surface area contributed by atoms with Gasteiger partial charge in [0.2, 0.25) is 17.2 Å². The summed E-state index contributed by atoms with van der Waals surface area (Å²) in [6.45, 7) is 6.39. The highest BCUT2D eigenvalue weighted by molar-refractivity contribution is 8.00. The van der Waals surface area contributed by atoms with E-state index in [9.17, 15) is 0 Å². The van der Waals surface area contributed by atoms with Crippen LogP contribution in [0.1, 0.15) is 20.3 Å². The third kappa shape index (κ3) is 3.47. The lowest BCUT2D eigenvalue weighted by atomic mass is 10.1. The average Bonchev–Trinajstić information content (AvgIpc) is 2.89. The third-order valence-electron chi connectivity index (χ3n) is 3.44. The molecule has 1 aliphatic heterocycles. The van der Waals surface area contributed by atoms with Crippen molar-refractivity contribution < 1.29 is 0 Å². The summed E-state index contributed by atoms with van der Waals surface area (Å²) >= 11 is 8.04. The van der Waals surface area contributed by atoms with E-state index < -0.39 is 0 Å². The average molecular weight is 325 g/mol. The third-order valence-corrected chi connectivity index (χ3v) is 4.98. The molecule has 1 saturated heterocycles. The highest BCUT2D eigenvalue weighted by atomic mass is 35.5. The standard InChI is InChI=1S/C13H17ClN6S/c1-13(2)3-5-19(7-8-21-13)11-16-10(14)17-12(18-11)20-6-4-15-9-20/h4,6,9H,3,5,7-8H2,1-2H3. The second kappa shape index (κ2) is 5.81. The maximum Gasteiger partial charge on any atom is 0.241 e. The molecular weight excluding hydrogens is 308 g/mol. The predicted molar refractivity (Wildman–Crippen MR) is 85.3 cm³/mol. The first-order valence-corrected chi connectivity index (χ1v) is 8.19. The van der Waals surface area contributed by atoms with E-state index in [1.807, 2.05) is 11.8 Å². The smallest absolute Gasteiger partial charge is 0.241 e. The Morgan fingerprint density at radius 1 is 1.19 bits per heavy atom. The van der Waals surface area contributed by atoms with Gasteiger partial charge < -0.3 is 4.90 Å². The Morgan fingerprint density at radius 3 is 2.76 bits per heavy atom. The van der Waals surface area contributed by atoms with Crippen molar-refractivity contribution in [3.05, 3.63) is 24.0 Å². The van der Waals surface area contributed by atoms with E-state index in [4.69, 9.17) is 11.6 Å².